The minimum Gasteiger partial charge on any atom is -0.508 e. The molecule has 280 valence electrons. The highest BCUT2D eigenvalue weighted by atomic mass is 16.4. The lowest BCUT2D eigenvalue weighted by Crippen LogP contribution is -2.59. The third-order valence-electron chi connectivity index (χ3n) is 7.33. The summed E-state index contributed by atoms with van der Waals surface area (Å²) in [4.78, 5) is 88.6. The van der Waals surface area contributed by atoms with Crippen LogP contribution in [0.2, 0.25) is 0 Å². The zero-order chi connectivity index (χ0) is 38.0. The normalized spacial score (nSPS) is 14.6. The van der Waals surface area contributed by atoms with Crippen LogP contribution >= 0.6 is 0 Å². The van der Waals surface area contributed by atoms with Gasteiger partial charge in [-0.3, -0.25) is 28.8 Å². The van der Waals surface area contributed by atoms with E-state index in [9.17, 15) is 38.7 Å². The highest BCUT2D eigenvalue weighted by molar-refractivity contribution is 5.96. The van der Waals surface area contributed by atoms with Gasteiger partial charge >= 0.3 is 5.97 Å². The second-order valence-corrected chi connectivity index (χ2v) is 12.3. The van der Waals surface area contributed by atoms with Gasteiger partial charge in [-0.1, -0.05) is 26.0 Å². The maximum Gasteiger partial charge on any atom is 0.328 e. The van der Waals surface area contributed by atoms with Crippen LogP contribution in [0, 0.1) is 5.92 Å². The maximum atomic E-state index is 13.7. The predicted octanol–water partition coefficient (Wildman–Crippen LogP) is -2.91. The Bertz CT molecular complexity index is 1310. The summed E-state index contributed by atoms with van der Waals surface area (Å²) in [5.41, 5.74) is 11.8. The van der Waals surface area contributed by atoms with E-state index in [1.54, 1.807) is 0 Å². The first-order valence-electron chi connectivity index (χ1n) is 16.3. The molecule has 1 aromatic rings. The number of carbonyl (C=O) groups excluding carboxylic acids is 6. The van der Waals surface area contributed by atoms with E-state index in [-0.39, 0.29) is 30.9 Å². The van der Waals surface area contributed by atoms with E-state index in [1.165, 1.54) is 38.1 Å². The molecule has 6 amide bonds. The van der Waals surface area contributed by atoms with Crippen molar-refractivity contribution in [2.24, 2.45) is 17.4 Å². The number of nitrogens with one attached hydrogen (secondary N) is 6. The third kappa shape index (κ3) is 16.1. The Balaban J connectivity index is 3.16. The third-order valence-corrected chi connectivity index (χ3v) is 7.33. The molecule has 0 heterocycles. The lowest BCUT2D eigenvalue weighted by atomic mass is 10.00. The van der Waals surface area contributed by atoms with Gasteiger partial charge < -0.3 is 58.7 Å². The van der Waals surface area contributed by atoms with Gasteiger partial charge in [-0.2, -0.15) is 0 Å². The highest BCUT2D eigenvalue weighted by Crippen LogP contribution is 2.13. The molecule has 18 nitrogen and oxygen atoms in total. The van der Waals surface area contributed by atoms with Crippen LogP contribution in [0.4, 0.5) is 0 Å². The van der Waals surface area contributed by atoms with Crippen molar-refractivity contribution in [2.45, 2.75) is 96.1 Å². The van der Waals surface area contributed by atoms with Gasteiger partial charge in [0.2, 0.25) is 35.4 Å². The smallest absolute Gasteiger partial charge is 0.328 e. The second kappa shape index (κ2) is 22.0. The Kier molecular flexibility index (Phi) is 19.0. The van der Waals surface area contributed by atoms with Gasteiger partial charge in [0, 0.05) is 6.42 Å². The Hall–Kier alpha value is -4.81. The molecule has 0 aromatic heterocycles. The SMILES string of the molecule is CC(C)C[C@H](NC(=O)[C@H](CCCCN)NC(=O)[C@H](C)N)C(=O)N[C@@H](Cc1ccc(O)cc1)C(=O)N[C@@H](C)C(=O)NCC(=O)N[C@@H](CO)C(=O)O. The van der Waals surface area contributed by atoms with Gasteiger partial charge in [0.05, 0.1) is 19.2 Å². The number of phenolic OH excluding ortho intramolecular Hbond substituents is 1. The fourth-order valence-electron chi connectivity index (χ4n) is 4.52. The predicted molar refractivity (Wildman–Crippen MR) is 181 cm³/mol. The molecule has 0 aliphatic carbocycles. The molecule has 1 aromatic carbocycles. The van der Waals surface area contributed by atoms with Crippen molar-refractivity contribution in [3.63, 3.8) is 0 Å². The number of unbranched alkanes of at least 4 members (excludes halogenated alkanes) is 1. The number of aliphatic carboxylic acids is 1. The molecule has 0 bridgehead atoms. The lowest BCUT2D eigenvalue weighted by molar-refractivity contribution is -0.142. The van der Waals surface area contributed by atoms with E-state index >= 15 is 0 Å². The number of carboxylic acid groups (broad SMARTS) is 1. The van der Waals surface area contributed by atoms with E-state index in [0.29, 0.717) is 24.9 Å². The number of aliphatic hydroxyl groups is 1. The van der Waals surface area contributed by atoms with Crippen molar-refractivity contribution in [3.8, 4) is 5.75 Å². The maximum absolute atomic E-state index is 13.7. The molecule has 50 heavy (non-hydrogen) atoms. The highest BCUT2D eigenvalue weighted by Gasteiger charge is 2.31. The first-order chi connectivity index (χ1) is 23.5. The van der Waals surface area contributed by atoms with Crippen LogP contribution in [0.25, 0.3) is 0 Å². The Morgan fingerprint density at radius 2 is 1.28 bits per heavy atom. The van der Waals surface area contributed by atoms with E-state index < -0.39 is 90.8 Å². The fourth-order valence-corrected chi connectivity index (χ4v) is 4.52. The van der Waals surface area contributed by atoms with Gasteiger partial charge in [-0.15, -0.1) is 0 Å². The minimum atomic E-state index is -1.57. The van der Waals surface area contributed by atoms with Crippen molar-refractivity contribution < 1.29 is 48.9 Å². The largest absolute Gasteiger partial charge is 0.508 e. The topological polar surface area (TPSA) is 304 Å². The minimum absolute atomic E-state index is 0.0290. The van der Waals surface area contributed by atoms with Gasteiger partial charge in [0.15, 0.2) is 0 Å². The number of nitrogens with two attached hydrogens (primary N) is 2. The number of aromatic hydroxyl groups is 1. The number of hydrogen-bond donors (Lipinski definition) is 11. The summed E-state index contributed by atoms with van der Waals surface area (Å²) in [7, 11) is 0. The summed E-state index contributed by atoms with van der Waals surface area (Å²) in [6, 6.07) is -1.24. The van der Waals surface area contributed by atoms with Crippen molar-refractivity contribution in [1.82, 2.24) is 31.9 Å². The van der Waals surface area contributed by atoms with E-state index in [1.807, 2.05) is 19.2 Å². The Labute approximate surface area is 290 Å². The summed E-state index contributed by atoms with van der Waals surface area (Å²) in [6.07, 6.45) is 1.45. The fraction of sp³-hybridized carbons (Fsp3) is 0.594. The number of hydrogen-bond acceptors (Lipinski definition) is 11. The molecular formula is C32H52N8O10. The van der Waals surface area contributed by atoms with Crippen LogP contribution in [0.3, 0.4) is 0 Å². The number of amides is 6. The first-order valence-corrected chi connectivity index (χ1v) is 16.3. The lowest BCUT2D eigenvalue weighted by Gasteiger charge is -2.27. The molecule has 0 radical (unpaired) electrons. The quantitative estimate of drug-likeness (QED) is 0.0541. The van der Waals surface area contributed by atoms with E-state index in [4.69, 9.17) is 21.7 Å². The van der Waals surface area contributed by atoms with Gasteiger partial charge in [0.1, 0.15) is 36.0 Å². The molecule has 0 spiro atoms. The first kappa shape index (κ1) is 43.2. The molecule has 13 N–H and O–H groups in total. The van der Waals surface area contributed by atoms with Crippen molar-refractivity contribution in [1.29, 1.82) is 0 Å². The van der Waals surface area contributed by atoms with Crippen LogP contribution in [-0.4, -0.2) is 113 Å². The van der Waals surface area contributed by atoms with Gasteiger partial charge in [-0.05, 0) is 69.7 Å². The Morgan fingerprint density at radius 1 is 0.720 bits per heavy atom. The number of phenols is 1. The molecule has 0 aliphatic heterocycles. The van der Waals surface area contributed by atoms with Crippen LogP contribution in [-0.2, 0) is 40.0 Å². The Morgan fingerprint density at radius 3 is 1.82 bits per heavy atom. The molecule has 1 rings (SSSR count). The summed E-state index contributed by atoms with van der Waals surface area (Å²) < 4.78 is 0. The molecule has 0 fully saturated rings. The number of benzene rings is 1. The molecular weight excluding hydrogens is 656 g/mol. The van der Waals surface area contributed by atoms with Crippen LogP contribution in [0.5, 0.6) is 5.75 Å². The number of carbonyl (C=O) groups is 7. The van der Waals surface area contributed by atoms with E-state index in [0.717, 1.165) is 0 Å². The van der Waals surface area contributed by atoms with Crippen molar-refractivity contribution in [3.05, 3.63) is 29.8 Å². The molecule has 0 aliphatic rings. The average Bonchev–Trinajstić information content (AvgIpc) is 3.05. The van der Waals surface area contributed by atoms with Gasteiger partial charge in [-0.25, -0.2) is 4.79 Å². The molecule has 0 unspecified atom stereocenters. The number of rotatable bonds is 22. The van der Waals surface area contributed by atoms with Crippen LogP contribution in [0.15, 0.2) is 24.3 Å². The zero-order valence-electron chi connectivity index (χ0n) is 28.9. The second-order valence-electron chi connectivity index (χ2n) is 12.3. The van der Waals surface area contributed by atoms with Crippen molar-refractivity contribution in [2.75, 3.05) is 19.7 Å². The van der Waals surface area contributed by atoms with Crippen LogP contribution < -0.4 is 43.4 Å². The molecule has 0 saturated heterocycles. The van der Waals surface area contributed by atoms with Gasteiger partial charge in [0.25, 0.3) is 0 Å². The summed E-state index contributed by atoms with van der Waals surface area (Å²) >= 11 is 0. The van der Waals surface area contributed by atoms with E-state index in [2.05, 4.69) is 26.6 Å². The van der Waals surface area contributed by atoms with Crippen LogP contribution in [0.1, 0.15) is 58.9 Å². The zero-order valence-corrected chi connectivity index (χ0v) is 28.9. The summed E-state index contributed by atoms with van der Waals surface area (Å²) in [6.45, 7) is 5.32. The molecule has 18 heteroatoms. The standard InChI is InChI=1S/C32H52N8O10/c1-17(2)13-23(39-29(46)22(7-5-6-12-33)38-27(44)18(3)34)31(48)40-24(14-20-8-10-21(42)11-9-20)30(47)36-19(4)28(45)35-15-26(43)37-25(16-41)32(49)50/h8-11,17-19,22-25,41-42H,5-7,12-16,33-34H2,1-4H3,(H,35,45)(H,36,47)(H,37,43)(H,38,44)(H,39,46)(H,40,48)(H,49,50)/t18-,19-,22-,23-,24-,25-/m0/s1. The number of aliphatic hydroxyl groups excluding tert-OH is 1. The van der Waals surface area contributed by atoms with Crippen molar-refractivity contribution >= 4 is 41.4 Å². The summed E-state index contributed by atoms with van der Waals surface area (Å²) in [5.74, 6) is -5.97. The summed E-state index contributed by atoms with van der Waals surface area (Å²) in [5, 5.41) is 42.4. The number of carboxylic acids is 1. The molecule has 0 saturated carbocycles. The monoisotopic (exact) mass is 708 g/mol. The molecule has 6 atom stereocenters. The average molecular weight is 709 g/mol.